The van der Waals surface area contributed by atoms with Gasteiger partial charge in [0.25, 0.3) is 5.91 Å². The van der Waals surface area contributed by atoms with Gasteiger partial charge in [-0.1, -0.05) is 72.8 Å². The monoisotopic (exact) mass is 490 g/mol. The molecular weight excluding hydrogens is 460 g/mol. The molecule has 0 fully saturated rings. The van der Waals surface area contributed by atoms with Crippen molar-refractivity contribution >= 4 is 16.8 Å². The number of para-hydroxylation sites is 1. The van der Waals surface area contributed by atoms with Gasteiger partial charge < -0.3 is 19.4 Å². The van der Waals surface area contributed by atoms with Crippen LogP contribution >= 0.6 is 0 Å². The Morgan fingerprint density at radius 3 is 2.32 bits per heavy atom. The second kappa shape index (κ2) is 11.5. The van der Waals surface area contributed by atoms with Gasteiger partial charge in [0.05, 0.1) is 7.11 Å². The van der Waals surface area contributed by atoms with E-state index < -0.39 is 0 Å². The molecule has 0 aliphatic heterocycles. The molecule has 0 bridgehead atoms. The zero-order valence-electron chi connectivity index (χ0n) is 20.9. The van der Waals surface area contributed by atoms with Gasteiger partial charge in [-0.3, -0.25) is 4.79 Å². The van der Waals surface area contributed by atoms with Crippen LogP contribution in [-0.2, 0) is 19.6 Å². The molecule has 0 aliphatic carbocycles. The van der Waals surface area contributed by atoms with Gasteiger partial charge in [0, 0.05) is 35.8 Å². The highest BCUT2D eigenvalue weighted by molar-refractivity contribution is 5.94. The van der Waals surface area contributed by atoms with Crippen LogP contribution in [0.15, 0.2) is 109 Å². The second-order valence-electron chi connectivity index (χ2n) is 8.96. The number of aromatic amines is 1. The molecule has 0 saturated heterocycles. The van der Waals surface area contributed by atoms with Crippen molar-refractivity contribution in [1.82, 2.24) is 9.88 Å². The first-order valence-corrected chi connectivity index (χ1v) is 12.4. The minimum absolute atomic E-state index is 0.00279. The van der Waals surface area contributed by atoms with E-state index >= 15 is 0 Å². The predicted molar refractivity (Wildman–Crippen MR) is 147 cm³/mol. The third-order valence-electron chi connectivity index (χ3n) is 6.47. The molecule has 4 aromatic carbocycles. The molecular formula is C32H30N2O3. The van der Waals surface area contributed by atoms with Crippen LogP contribution in [-0.4, -0.2) is 29.4 Å². The summed E-state index contributed by atoms with van der Waals surface area (Å²) in [5, 5.41) is 1.19. The molecule has 1 amide bonds. The van der Waals surface area contributed by atoms with Gasteiger partial charge in [-0.05, 0) is 53.4 Å². The lowest BCUT2D eigenvalue weighted by Crippen LogP contribution is -2.32. The molecule has 186 valence electrons. The summed E-state index contributed by atoms with van der Waals surface area (Å²) in [6.07, 6.45) is 2.79. The minimum atomic E-state index is 0.00279. The van der Waals surface area contributed by atoms with E-state index in [-0.39, 0.29) is 5.91 Å². The van der Waals surface area contributed by atoms with E-state index in [0.717, 1.165) is 23.1 Å². The number of hydrogen-bond acceptors (Lipinski definition) is 3. The SMILES string of the molecule is COc1ccc(CN(CCc2c[nH]c3ccccc23)C(=O)c2ccccc2)cc1OCc1ccccc1. The summed E-state index contributed by atoms with van der Waals surface area (Å²) in [5.41, 5.74) is 5.04. The van der Waals surface area contributed by atoms with Gasteiger partial charge >= 0.3 is 0 Å². The fourth-order valence-electron chi connectivity index (χ4n) is 4.50. The molecule has 1 aromatic heterocycles. The van der Waals surface area contributed by atoms with Gasteiger partial charge in [-0.2, -0.15) is 0 Å². The lowest BCUT2D eigenvalue weighted by Gasteiger charge is -2.24. The van der Waals surface area contributed by atoms with Crippen molar-refractivity contribution in [2.24, 2.45) is 0 Å². The van der Waals surface area contributed by atoms with Crippen LogP contribution in [0, 0.1) is 0 Å². The maximum absolute atomic E-state index is 13.6. The zero-order valence-corrected chi connectivity index (χ0v) is 20.9. The van der Waals surface area contributed by atoms with Crippen molar-refractivity contribution in [2.75, 3.05) is 13.7 Å². The van der Waals surface area contributed by atoms with Crippen LogP contribution in [0.25, 0.3) is 10.9 Å². The molecule has 0 aliphatic rings. The maximum Gasteiger partial charge on any atom is 0.254 e. The first-order chi connectivity index (χ1) is 18.2. The Morgan fingerprint density at radius 2 is 1.54 bits per heavy atom. The number of hydrogen-bond donors (Lipinski definition) is 1. The Morgan fingerprint density at radius 1 is 0.811 bits per heavy atom. The van der Waals surface area contributed by atoms with Crippen LogP contribution in [0.1, 0.15) is 27.0 Å². The van der Waals surface area contributed by atoms with Crippen molar-refractivity contribution in [3.8, 4) is 11.5 Å². The average Bonchev–Trinajstić information content (AvgIpc) is 3.38. The van der Waals surface area contributed by atoms with E-state index in [4.69, 9.17) is 9.47 Å². The second-order valence-corrected chi connectivity index (χ2v) is 8.96. The highest BCUT2D eigenvalue weighted by Gasteiger charge is 2.18. The smallest absolute Gasteiger partial charge is 0.254 e. The third-order valence-corrected chi connectivity index (χ3v) is 6.47. The zero-order chi connectivity index (χ0) is 25.5. The molecule has 0 atom stereocenters. The van der Waals surface area contributed by atoms with Crippen molar-refractivity contribution in [3.63, 3.8) is 0 Å². The summed E-state index contributed by atoms with van der Waals surface area (Å²) in [7, 11) is 1.64. The highest BCUT2D eigenvalue weighted by atomic mass is 16.5. The number of methoxy groups -OCH3 is 1. The molecule has 0 radical (unpaired) electrons. The van der Waals surface area contributed by atoms with Crippen LogP contribution in [0.5, 0.6) is 11.5 Å². The molecule has 5 aromatic rings. The molecule has 5 rings (SSSR count). The summed E-state index contributed by atoms with van der Waals surface area (Å²) < 4.78 is 11.7. The number of fused-ring (bicyclic) bond motifs is 1. The minimum Gasteiger partial charge on any atom is -0.493 e. The Hall–Kier alpha value is -4.51. The van der Waals surface area contributed by atoms with E-state index in [1.807, 2.05) is 102 Å². The number of aromatic nitrogens is 1. The number of benzene rings is 4. The summed E-state index contributed by atoms with van der Waals surface area (Å²) in [6.45, 7) is 1.48. The molecule has 0 saturated carbocycles. The number of rotatable bonds is 10. The van der Waals surface area contributed by atoms with Gasteiger partial charge in [-0.25, -0.2) is 0 Å². The number of nitrogens with zero attached hydrogens (tertiary/aromatic N) is 1. The number of nitrogens with one attached hydrogen (secondary N) is 1. The van der Waals surface area contributed by atoms with Gasteiger partial charge in [0.2, 0.25) is 0 Å². The maximum atomic E-state index is 13.6. The van der Waals surface area contributed by atoms with E-state index in [0.29, 0.717) is 36.8 Å². The van der Waals surface area contributed by atoms with E-state index in [1.54, 1.807) is 7.11 Å². The van der Waals surface area contributed by atoms with Crippen molar-refractivity contribution < 1.29 is 14.3 Å². The molecule has 0 unspecified atom stereocenters. The van der Waals surface area contributed by atoms with E-state index in [1.165, 1.54) is 10.9 Å². The average molecular weight is 491 g/mol. The topological polar surface area (TPSA) is 54.6 Å². The quantitative estimate of drug-likeness (QED) is 0.239. The van der Waals surface area contributed by atoms with E-state index in [2.05, 4.69) is 17.1 Å². The molecule has 37 heavy (non-hydrogen) atoms. The number of carbonyl (C=O) groups excluding carboxylic acids is 1. The summed E-state index contributed by atoms with van der Waals surface area (Å²) >= 11 is 0. The highest BCUT2D eigenvalue weighted by Crippen LogP contribution is 2.30. The molecule has 5 nitrogen and oxygen atoms in total. The largest absolute Gasteiger partial charge is 0.493 e. The fraction of sp³-hybridized carbons (Fsp3) is 0.156. The number of ether oxygens (including phenoxy) is 2. The van der Waals surface area contributed by atoms with Gasteiger partial charge in [0.15, 0.2) is 11.5 Å². The molecule has 1 N–H and O–H groups in total. The van der Waals surface area contributed by atoms with Gasteiger partial charge in [0.1, 0.15) is 6.61 Å². The molecule has 1 heterocycles. The van der Waals surface area contributed by atoms with Gasteiger partial charge in [-0.15, -0.1) is 0 Å². The first-order valence-electron chi connectivity index (χ1n) is 12.4. The molecule has 0 spiro atoms. The summed E-state index contributed by atoms with van der Waals surface area (Å²) in [5.74, 6) is 1.33. The van der Waals surface area contributed by atoms with Crippen LogP contribution < -0.4 is 9.47 Å². The number of H-pyrrole nitrogens is 1. The predicted octanol–water partition coefficient (Wildman–Crippen LogP) is 6.64. The summed E-state index contributed by atoms with van der Waals surface area (Å²) in [6, 6.07) is 33.6. The van der Waals surface area contributed by atoms with E-state index in [9.17, 15) is 4.79 Å². The Labute approximate surface area is 217 Å². The fourth-order valence-corrected chi connectivity index (χ4v) is 4.50. The first kappa shape index (κ1) is 24.2. The number of amides is 1. The lowest BCUT2D eigenvalue weighted by atomic mass is 10.1. The Kier molecular flexibility index (Phi) is 7.51. The van der Waals surface area contributed by atoms with Crippen molar-refractivity contribution in [2.45, 2.75) is 19.6 Å². The van der Waals surface area contributed by atoms with Crippen LogP contribution in [0.3, 0.4) is 0 Å². The Bertz CT molecular complexity index is 1460. The standard InChI is InChI=1S/C32H30N2O3/c1-36-30-17-16-25(20-31(30)37-23-24-10-4-2-5-11-24)22-34(32(35)26-12-6-3-7-13-26)19-18-27-21-33-29-15-9-8-14-28(27)29/h2-17,20-21,33H,18-19,22-23H2,1H3. The van der Waals surface area contributed by atoms with Crippen LogP contribution in [0.4, 0.5) is 0 Å². The van der Waals surface area contributed by atoms with Crippen molar-refractivity contribution in [1.29, 1.82) is 0 Å². The number of carbonyl (C=O) groups is 1. The molecule has 5 heteroatoms. The summed E-state index contributed by atoms with van der Waals surface area (Å²) in [4.78, 5) is 18.8. The normalized spacial score (nSPS) is 10.8. The Balaban J connectivity index is 1.37. The lowest BCUT2D eigenvalue weighted by molar-refractivity contribution is 0.0745. The van der Waals surface area contributed by atoms with Crippen LogP contribution in [0.2, 0.25) is 0 Å². The van der Waals surface area contributed by atoms with Crippen molar-refractivity contribution in [3.05, 3.63) is 132 Å². The third kappa shape index (κ3) is 5.84.